The fourth-order valence-electron chi connectivity index (χ4n) is 3.01. The molecule has 1 unspecified atom stereocenters. The van der Waals surface area contributed by atoms with Crippen LogP contribution in [0.4, 0.5) is 0 Å². The fourth-order valence-corrected chi connectivity index (χ4v) is 3.01. The van der Waals surface area contributed by atoms with Crippen molar-refractivity contribution in [1.82, 2.24) is 20.4 Å². The lowest BCUT2D eigenvalue weighted by Gasteiger charge is -2.37. The molecule has 2 N–H and O–H groups in total. The Morgan fingerprint density at radius 2 is 1.64 bits per heavy atom. The van der Waals surface area contributed by atoms with E-state index in [2.05, 4.69) is 48.1 Å². The lowest BCUT2D eigenvalue weighted by Crippen LogP contribution is -2.50. The number of unbranched alkanes of at least 4 members (excludes halogenated alkanes) is 1. The minimum Gasteiger partial charge on any atom is -0.379 e. The number of hydrogen-bond donors (Lipinski definition) is 2. The van der Waals surface area contributed by atoms with Gasteiger partial charge < -0.3 is 25.0 Å². The summed E-state index contributed by atoms with van der Waals surface area (Å²) in [5.41, 5.74) is 0. The maximum Gasteiger partial charge on any atom is 0.191 e. The van der Waals surface area contributed by atoms with Gasteiger partial charge in [0.15, 0.2) is 5.96 Å². The van der Waals surface area contributed by atoms with E-state index in [0.29, 0.717) is 25.9 Å². The number of piperazine rings is 1. The van der Waals surface area contributed by atoms with E-state index in [9.17, 15) is 0 Å². The first-order chi connectivity index (χ1) is 13.2. The summed E-state index contributed by atoms with van der Waals surface area (Å²) in [6.07, 6.45) is 2.29. The average molecular weight is 514 g/mol. The molecule has 0 aromatic carbocycles. The number of likely N-dealkylation sites (N-methyl/N-ethyl adjacent to an activating group) is 1. The molecule has 0 aliphatic carbocycles. The zero-order valence-electron chi connectivity index (χ0n) is 18.5. The molecule has 0 amide bonds. The summed E-state index contributed by atoms with van der Waals surface area (Å²) >= 11 is 0. The largest absolute Gasteiger partial charge is 0.379 e. The van der Waals surface area contributed by atoms with Gasteiger partial charge >= 0.3 is 0 Å². The summed E-state index contributed by atoms with van der Waals surface area (Å²) in [4.78, 5) is 9.80. The molecule has 1 heterocycles. The van der Waals surface area contributed by atoms with Gasteiger partial charge in [0.1, 0.15) is 0 Å². The highest BCUT2D eigenvalue weighted by atomic mass is 127. The number of ether oxygens (including phenoxy) is 2. The molecule has 1 saturated heterocycles. The normalized spacial score (nSPS) is 17.2. The molecule has 1 fully saturated rings. The fraction of sp³-hybridized carbons (Fsp3) is 0.950. The van der Waals surface area contributed by atoms with Gasteiger partial charge in [0.2, 0.25) is 0 Å². The van der Waals surface area contributed by atoms with E-state index in [1.807, 2.05) is 0 Å². The Labute approximate surface area is 190 Å². The molecule has 0 saturated carbocycles. The Morgan fingerprint density at radius 1 is 0.964 bits per heavy atom. The standard InChI is InChI=1S/C20H43N5O2.HI/c1-5-8-14-26-16-17-27-15-9-22-20(21-6-2)23-18-19(4)25-12-10-24(7-3)11-13-25;/h19H,5-18H2,1-4H3,(H2,21,22,23);1H. The van der Waals surface area contributed by atoms with Crippen LogP contribution in [-0.4, -0.2) is 101 Å². The van der Waals surface area contributed by atoms with E-state index in [0.717, 1.165) is 58.3 Å². The molecule has 28 heavy (non-hydrogen) atoms. The van der Waals surface area contributed by atoms with Crippen LogP contribution in [0.25, 0.3) is 0 Å². The van der Waals surface area contributed by atoms with E-state index in [-0.39, 0.29) is 24.0 Å². The highest BCUT2D eigenvalue weighted by Gasteiger charge is 2.19. The predicted octanol–water partition coefficient (Wildman–Crippen LogP) is 2.02. The zero-order valence-corrected chi connectivity index (χ0v) is 20.9. The van der Waals surface area contributed by atoms with Crippen LogP contribution < -0.4 is 10.6 Å². The van der Waals surface area contributed by atoms with Gasteiger partial charge in [0.25, 0.3) is 0 Å². The molecule has 1 atom stereocenters. The molecule has 1 aliphatic heterocycles. The third kappa shape index (κ3) is 13.1. The van der Waals surface area contributed by atoms with Crippen molar-refractivity contribution < 1.29 is 9.47 Å². The van der Waals surface area contributed by atoms with Crippen LogP contribution in [0, 0.1) is 0 Å². The monoisotopic (exact) mass is 513 g/mol. The molecule has 168 valence electrons. The second-order valence-electron chi connectivity index (χ2n) is 7.04. The van der Waals surface area contributed by atoms with Crippen molar-refractivity contribution >= 4 is 29.9 Å². The lowest BCUT2D eigenvalue weighted by molar-refractivity contribution is 0.0487. The Morgan fingerprint density at radius 3 is 2.25 bits per heavy atom. The molecule has 0 aromatic heterocycles. The van der Waals surface area contributed by atoms with Gasteiger partial charge in [0, 0.05) is 51.9 Å². The summed E-state index contributed by atoms with van der Waals surface area (Å²) in [6, 6.07) is 0.469. The number of halogens is 1. The molecule has 0 aromatic rings. The van der Waals surface area contributed by atoms with E-state index >= 15 is 0 Å². The van der Waals surface area contributed by atoms with Crippen LogP contribution in [0.2, 0.25) is 0 Å². The summed E-state index contributed by atoms with van der Waals surface area (Å²) < 4.78 is 11.1. The number of rotatable bonds is 14. The van der Waals surface area contributed by atoms with Gasteiger partial charge in [-0.2, -0.15) is 0 Å². The smallest absolute Gasteiger partial charge is 0.191 e. The van der Waals surface area contributed by atoms with Crippen molar-refractivity contribution in [2.75, 3.05) is 78.8 Å². The predicted molar refractivity (Wildman–Crippen MR) is 129 cm³/mol. The molecular weight excluding hydrogens is 469 g/mol. The van der Waals surface area contributed by atoms with E-state index in [1.165, 1.54) is 19.5 Å². The van der Waals surface area contributed by atoms with Crippen LogP contribution >= 0.6 is 24.0 Å². The van der Waals surface area contributed by atoms with Gasteiger partial charge in [-0.1, -0.05) is 20.3 Å². The van der Waals surface area contributed by atoms with Gasteiger partial charge in [0.05, 0.1) is 26.4 Å². The Hall–Kier alpha value is -0.160. The second-order valence-corrected chi connectivity index (χ2v) is 7.04. The summed E-state index contributed by atoms with van der Waals surface area (Å²) in [6.45, 7) is 19.8. The molecule has 0 spiro atoms. The van der Waals surface area contributed by atoms with E-state index in [4.69, 9.17) is 14.5 Å². The second kappa shape index (κ2) is 18.8. The molecule has 7 nitrogen and oxygen atoms in total. The molecule has 1 aliphatic rings. The van der Waals surface area contributed by atoms with Crippen molar-refractivity contribution in [3.8, 4) is 0 Å². The maximum absolute atomic E-state index is 5.60. The summed E-state index contributed by atoms with van der Waals surface area (Å²) in [7, 11) is 0. The molecule has 1 rings (SSSR count). The highest BCUT2D eigenvalue weighted by molar-refractivity contribution is 14.0. The Bertz CT molecular complexity index is 380. The number of aliphatic imine (C=N–C) groups is 1. The van der Waals surface area contributed by atoms with Crippen LogP contribution in [0.5, 0.6) is 0 Å². The average Bonchev–Trinajstić information content (AvgIpc) is 2.70. The topological polar surface area (TPSA) is 61.4 Å². The van der Waals surface area contributed by atoms with Crippen LogP contribution in [0.1, 0.15) is 40.5 Å². The maximum atomic E-state index is 5.60. The minimum absolute atomic E-state index is 0. The summed E-state index contributed by atoms with van der Waals surface area (Å²) in [5, 5.41) is 6.67. The first kappa shape index (κ1) is 27.8. The van der Waals surface area contributed by atoms with Crippen molar-refractivity contribution in [3.63, 3.8) is 0 Å². The van der Waals surface area contributed by atoms with Crippen LogP contribution in [0.3, 0.4) is 0 Å². The zero-order chi connectivity index (χ0) is 19.7. The number of nitrogens with zero attached hydrogens (tertiary/aromatic N) is 3. The van der Waals surface area contributed by atoms with Crippen LogP contribution in [-0.2, 0) is 9.47 Å². The van der Waals surface area contributed by atoms with Crippen molar-refractivity contribution in [2.45, 2.75) is 46.6 Å². The summed E-state index contributed by atoms with van der Waals surface area (Å²) in [5.74, 6) is 0.874. The van der Waals surface area contributed by atoms with Crippen molar-refractivity contribution in [3.05, 3.63) is 0 Å². The van der Waals surface area contributed by atoms with Gasteiger partial charge in [-0.15, -0.1) is 24.0 Å². The first-order valence-corrected chi connectivity index (χ1v) is 10.8. The van der Waals surface area contributed by atoms with Gasteiger partial charge in [-0.05, 0) is 26.8 Å². The molecule has 0 bridgehead atoms. The van der Waals surface area contributed by atoms with E-state index in [1.54, 1.807) is 0 Å². The quantitative estimate of drug-likeness (QED) is 0.161. The van der Waals surface area contributed by atoms with Crippen molar-refractivity contribution in [2.24, 2.45) is 4.99 Å². The number of guanidine groups is 1. The Kier molecular flexibility index (Phi) is 18.7. The molecular formula is C20H44IN5O2. The third-order valence-corrected chi connectivity index (χ3v) is 4.89. The first-order valence-electron chi connectivity index (χ1n) is 10.8. The lowest BCUT2D eigenvalue weighted by atomic mass is 10.2. The Balaban J connectivity index is 0.00000729. The van der Waals surface area contributed by atoms with E-state index < -0.39 is 0 Å². The van der Waals surface area contributed by atoms with Crippen molar-refractivity contribution in [1.29, 1.82) is 0 Å². The number of nitrogens with one attached hydrogen (secondary N) is 2. The van der Waals surface area contributed by atoms with Gasteiger partial charge in [-0.25, -0.2) is 0 Å². The molecule has 0 radical (unpaired) electrons. The van der Waals surface area contributed by atoms with Gasteiger partial charge in [-0.3, -0.25) is 9.89 Å². The SMILES string of the molecule is CCCCOCCOCCNC(=NCC(C)N1CCN(CC)CC1)NCC.I. The number of hydrogen-bond acceptors (Lipinski definition) is 5. The highest BCUT2D eigenvalue weighted by Crippen LogP contribution is 2.06. The molecule has 8 heteroatoms. The van der Waals surface area contributed by atoms with Crippen LogP contribution in [0.15, 0.2) is 4.99 Å². The minimum atomic E-state index is 0. The third-order valence-electron chi connectivity index (χ3n) is 4.89.